The third kappa shape index (κ3) is 4.35. The Bertz CT molecular complexity index is 1080. The van der Waals surface area contributed by atoms with Crippen molar-refractivity contribution in [2.75, 3.05) is 12.3 Å². The van der Waals surface area contributed by atoms with Crippen molar-refractivity contribution in [1.29, 1.82) is 5.26 Å². The molecule has 0 saturated heterocycles. The van der Waals surface area contributed by atoms with Gasteiger partial charge >= 0.3 is 0 Å². The molecule has 2 aromatic carbocycles. The standard InChI is InChI=1S/C21H20FN5O2/c1-13-4-9-19(28)16(11-13)21(29)25-10-2-3-18-17(12-23)20(24)27(26-18)15-7-5-14(22)6-8-15/h4-9,11,28H,2-3,10,24H2,1H3,(H,25,29). The van der Waals surface area contributed by atoms with Crippen molar-refractivity contribution >= 4 is 11.7 Å². The van der Waals surface area contributed by atoms with Crippen molar-refractivity contribution in [2.45, 2.75) is 19.8 Å². The molecule has 4 N–H and O–H groups in total. The first-order valence-electron chi connectivity index (χ1n) is 9.02. The monoisotopic (exact) mass is 393 g/mol. The second-order valence-electron chi connectivity index (χ2n) is 6.59. The van der Waals surface area contributed by atoms with Crippen LogP contribution in [0.15, 0.2) is 42.5 Å². The van der Waals surface area contributed by atoms with Crippen LogP contribution in [-0.4, -0.2) is 27.3 Å². The number of carbonyl (C=O) groups is 1. The smallest absolute Gasteiger partial charge is 0.255 e. The number of halogens is 1. The molecule has 0 fully saturated rings. The summed E-state index contributed by atoms with van der Waals surface area (Å²) in [5.74, 6) is -0.646. The molecule has 0 atom stereocenters. The number of aromatic hydroxyl groups is 1. The summed E-state index contributed by atoms with van der Waals surface area (Å²) in [6.07, 6.45) is 0.939. The van der Waals surface area contributed by atoms with Gasteiger partial charge in [-0.25, -0.2) is 9.07 Å². The highest BCUT2D eigenvalue weighted by molar-refractivity contribution is 5.96. The van der Waals surface area contributed by atoms with Gasteiger partial charge in [0, 0.05) is 6.54 Å². The van der Waals surface area contributed by atoms with Crippen molar-refractivity contribution in [2.24, 2.45) is 0 Å². The topological polar surface area (TPSA) is 117 Å². The molecule has 29 heavy (non-hydrogen) atoms. The fraction of sp³-hybridized carbons (Fsp3) is 0.190. The number of phenols is 1. The van der Waals surface area contributed by atoms with Crippen LogP contribution in [0.1, 0.15) is 33.6 Å². The van der Waals surface area contributed by atoms with E-state index in [0.29, 0.717) is 30.8 Å². The number of hydrogen-bond acceptors (Lipinski definition) is 5. The highest BCUT2D eigenvalue weighted by atomic mass is 19.1. The zero-order valence-corrected chi connectivity index (χ0v) is 15.8. The molecule has 148 valence electrons. The number of anilines is 1. The zero-order chi connectivity index (χ0) is 21.0. The van der Waals surface area contributed by atoms with Gasteiger partial charge < -0.3 is 16.2 Å². The summed E-state index contributed by atoms with van der Waals surface area (Å²) in [5, 5.41) is 26.4. The number of rotatable bonds is 6. The van der Waals surface area contributed by atoms with Crippen LogP contribution in [-0.2, 0) is 6.42 Å². The Morgan fingerprint density at radius 2 is 2.03 bits per heavy atom. The van der Waals surface area contributed by atoms with Gasteiger partial charge in [0.2, 0.25) is 0 Å². The van der Waals surface area contributed by atoms with Crippen LogP contribution in [0.3, 0.4) is 0 Å². The van der Waals surface area contributed by atoms with Gasteiger partial charge in [0.25, 0.3) is 5.91 Å². The Morgan fingerprint density at radius 1 is 1.31 bits per heavy atom. The van der Waals surface area contributed by atoms with Crippen LogP contribution in [0.25, 0.3) is 5.69 Å². The number of nitrogens with zero attached hydrogens (tertiary/aromatic N) is 3. The molecule has 1 heterocycles. The number of aromatic nitrogens is 2. The number of nitrogen functional groups attached to an aromatic ring is 1. The van der Waals surface area contributed by atoms with Gasteiger partial charge in [-0.05, 0) is 56.2 Å². The molecule has 0 saturated carbocycles. The van der Waals surface area contributed by atoms with Gasteiger partial charge in [-0.2, -0.15) is 10.4 Å². The number of benzene rings is 2. The molecule has 0 spiro atoms. The Kier molecular flexibility index (Phi) is 5.79. The first-order chi connectivity index (χ1) is 13.9. The third-order valence-electron chi connectivity index (χ3n) is 4.45. The Morgan fingerprint density at radius 3 is 2.72 bits per heavy atom. The minimum atomic E-state index is -0.379. The van der Waals surface area contributed by atoms with E-state index < -0.39 is 0 Å². The highest BCUT2D eigenvalue weighted by Gasteiger charge is 2.17. The van der Waals surface area contributed by atoms with Gasteiger partial charge in [-0.1, -0.05) is 11.6 Å². The lowest BCUT2D eigenvalue weighted by molar-refractivity contribution is 0.0950. The van der Waals surface area contributed by atoms with Gasteiger partial charge in [0.05, 0.1) is 16.9 Å². The molecule has 1 amide bonds. The van der Waals surface area contributed by atoms with Crippen molar-refractivity contribution in [3.63, 3.8) is 0 Å². The highest BCUT2D eigenvalue weighted by Crippen LogP contribution is 2.22. The Labute approximate surface area is 167 Å². The Balaban J connectivity index is 1.66. The van der Waals surface area contributed by atoms with E-state index in [1.54, 1.807) is 12.1 Å². The Hall–Kier alpha value is -3.86. The first kappa shape index (κ1) is 19.9. The average molecular weight is 393 g/mol. The molecule has 1 aromatic heterocycles. The predicted octanol–water partition coefficient (Wildman–Crippen LogP) is 2.84. The van der Waals surface area contributed by atoms with Crippen LogP contribution in [0.4, 0.5) is 10.2 Å². The van der Waals surface area contributed by atoms with Crippen LogP contribution in [0, 0.1) is 24.1 Å². The number of hydrogen-bond donors (Lipinski definition) is 3. The number of nitrogens with two attached hydrogens (primary N) is 1. The van der Waals surface area contributed by atoms with E-state index in [-0.39, 0.29) is 34.4 Å². The maximum Gasteiger partial charge on any atom is 0.255 e. The number of aryl methyl sites for hydroxylation is 2. The quantitative estimate of drug-likeness (QED) is 0.557. The summed E-state index contributed by atoms with van der Waals surface area (Å²) in [5.41, 5.74) is 8.43. The summed E-state index contributed by atoms with van der Waals surface area (Å²) in [6, 6.07) is 12.5. The molecule has 0 bridgehead atoms. The maximum absolute atomic E-state index is 13.1. The largest absolute Gasteiger partial charge is 0.507 e. The second kappa shape index (κ2) is 8.44. The SMILES string of the molecule is Cc1ccc(O)c(C(=O)NCCCc2nn(-c3ccc(F)cc3)c(N)c2C#N)c1. The summed E-state index contributed by atoms with van der Waals surface area (Å²) in [4.78, 5) is 12.2. The summed E-state index contributed by atoms with van der Waals surface area (Å²) < 4.78 is 14.5. The lowest BCUT2D eigenvalue weighted by Gasteiger charge is -2.07. The average Bonchev–Trinajstić information content (AvgIpc) is 3.02. The second-order valence-corrected chi connectivity index (χ2v) is 6.59. The fourth-order valence-electron chi connectivity index (χ4n) is 2.94. The summed E-state index contributed by atoms with van der Waals surface area (Å²) >= 11 is 0. The van der Waals surface area contributed by atoms with E-state index in [1.165, 1.54) is 35.0 Å². The van der Waals surface area contributed by atoms with E-state index in [2.05, 4.69) is 16.5 Å². The number of nitriles is 1. The van der Waals surface area contributed by atoms with Crippen LogP contribution < -0.4 is 11.1 Å². The summed E-state index contributed by atoms with van der Waals surface area (Å²) in [6.45, 7) is 2.17. The molecular formula is C21H20FN5O2. The number of nitrogens with one attached hydrogen (secondary N) is 1. The zero-order valence-electron chi connectivity index (χ0n) is 15.8. The number of phenolic OH excluding ortho intramolecular Hbond substituents is 1. The van der Waals surface area contributed by atoms with E-state index in [9.17, 15) is 19.6 Å². The third-order valence-corrected chi connectivity index (χ3v) is 4.45. The predicted molar refractivity (Wildman–Crippen MR) is 106 cm³/mol. The molecule has 3 aromatic rings. The van der Waals surface area contributed by atoms with E-state index in [4.69, 9.17) is 5.73 Å². The van der Waals surface area contributed by atoms with Crippen molar-refractivity contribution in [1.82, 2.24) is 15.1 Å². The van der Waals surface area contributed by atoms with Gasteiger partial charge in [-0.3, -0.25) is 4.79 Å². The van der Waals surface area contributed by atoms with Gasteiger partial charge in [-0.15, -0.1) is 0 Å². The minimum absolute atomic E-state index is 0.0781. The van der Waals surface area contributed by atoms with Gasteiger partial charge in [0.1, 0.15) is 29.0 Å². The molecule has 3 rings (SSSR count). The fourth-order valence-corrected chi connectivity index (χ4v) is 2.94. The molecule has 0 aliphatic rings. The molecule has 0 radical (unpaired) electrons. The lowest BCUT2D eigenvalue weighted by Crippen LogP contribution is -2.25. The van der Waals surface area contributed by atoms with Gasteiger partial charge in [0.15, 0.2) is 0 Å². The van der Waals surface area contributed by atoms with Crippen molar-refractivity contribution in [3.05, 3.63) is 70.7 Å². The van der Waals surface area contributed by atoms with Crippen LogP contribution in [0.2, 0.25) is 0 Å². The normalized spacial score (nSPS) is 10.5. The van der Waals surface area contributed by atoms with E-state index in [1.807, 2.05) is 6.92 Å². The summed E-state index contributed by atoms with van der Waals surface area (Å²) in [7, 11) is 0. The molecule has 0 unspecified atom stereocenters. The maximum atomic E-state index is 13.1. The van der Waals surface area contributed by atoms with E-state index in [0.717, 1.165) is 5.56 Å². The molecular weight excluding hydrogens is 373 g/mol. The number of carbonyl (C=O) groups excluding carboxylic acids is 1. The lowest BCUT2D eigenvalue weighted by atomic mass is 10.1. The minimum Gasteiger partial charge on any atom is -0.507 e. The van der Waals surface area contributed by atoms with Crippen molar-refractivity contribution < 1.29 is 14.3 Å². The van der Waals surface area contributed by atoms with Crippen LogP contribution in [0.5, 0.6) is 5.75 Å². The molecule has 7 nitrogen and oxygen atoms in total. The number of amides is 1. The molecule has 8 heteroatoms. The molecule has 0 aliphatic heterocycles. The molecule has 0 aliphatic carbocycles. The first-order valence-corrected chi connectivity index (χ1v) is 9.02. The van der Waals surface area contributed by atoms with Crippen LogP contribution >= 0.6 is 0 Å². The van der Waals surface area contributed by atoms with E-state index >= 15 is 0 Å². The van der Waals surface area contributed by atoms with Crippen molar-refractivity contribution in [3.8, 4) is 17.5 Å².